The van der Waals surface area contributed by atoms with Crippen LogP contribution in [0.15, 0.2) is 90.3 Å². The molecule has 0 fully saturated rings. The third kappa shape index (κ3) is 5.29. The maximum Gasteiger partial charge on any atom is 0.250 e. The van der Waals surface area contributed by atoms with E-state index in [0.29, 0.717) is 5.75 Å². The van der Waals surface area contributed by atoms with Gasteiger partial charge in [0.1, 0.15) is 0 Å². The standard InChI is InChI=1S/C21H19N3OS/c25-20(16-26-15-17-7-3-1-4-8-17)23-24-21(18-9-5-2-6-10-18)19-11-13-22-14-12-19/h1-14H,15-16H2,(H,23,25)/b24-21+. The van der Waals surface area contributed by atoms with E-state index in [2.05, 4.69) is 27.6 Å². The number of nitrogens with one attached hydrogen (secondary N) is 1. The van der Waals surface area contributed by atoms with E-state index in [1.807, 2.05) is 60.7 Å². The highest BCUT2D eigenvalue weighted by Crippen LogP contribution is 2.12. The minimum absolute atomic E-state index is 0.117. The SMILES string of the molecule is O=C(CSCc1ccccc1)N/N=C(\c1ccccc1)c1ccncc1. The van der Waals surface area contributed by atoms with Crippen LogP contribution in [0.4, 0.5) is 0 Å². The molecular formula is C21H19N3OS. The van der Waals surface area contributed by atoms with Crippen molar-refractivity contribution in [2.75, 3.05) is 5.75 Å². The molecule has 0 atom stereocenters. The highest BCUT2D eigenvalue weighted by atomic mass is 32.2. The number of nitrogens with zero attached hydrogens (tertiary/aromatic N) is 2. The predicted octanol–water partition coefficient (Wildman–Crippen LogP) is 3.88. The van der Waals surface area contributed by atoms with Crippen molar-refractivity contribution in [3.8, 4) is 0 Å². The summed E-state index contributed by atoms with van der Waals surface area (Å²) in [5.41, 5.74) is 6.44. The molecule has 0 bridgehead atoms. The van der Waals surface area contributed by atoms with Crippen molar-refractivity contribution < 1.29 is 4.79 Å². The van der Waals surface area contributed by atoms with Gasteiger partial charge in [-0.1, -0.05) is 60.7 Å². The molecular weight excluding hydrogens is 342 g/mol. The van der Waals surface area contributed by atoms with Gasteiger partial charge in [-0.3, -0.25) is 9.78 Å². The van der Waals surface area contributed by atoms with E-state index in [-0.39, 0.29) is 5.91 Å². The minimum Gasteiger partial charge on any atom is -0.272 e. The molecule has 5 heteroatoms. The van der Waals surface area contributed by atoms with Gasteiger partial charge in [-0.2, -0.15) is 5.10 Å². The number of aromatic nitrogens is 1. The van der Waals surface area contributed by atoms with Crippen molar-refractivity contribution in [2.24, 2.45) is 5.10 Å². The molecule has 0 aliphatic heterocycles. The zero-order valence-corrected chi connectivity index (χ0v) is 15.0. The fourth-order valence-corrected chi connectivity index (χ4v) is 3.17. The number of carbonyl (C=O) groups excluding carboxylic acids is 1. The molecule has 0 aliphatic carbocycles. The maximum absolute atomic E-state index is 12.1. The van der Waals surface area contributed by atoms with Crippen molar-refractivity contribution >= 4 is 23.4 Å². The molecule has 2 aromatic carbocycles. The second-order valence-electron chi connectivity index (χ2n) is 5.58. The number of hydrazone groups is 1. The van der Waals surface area contributed by atoms with E-state index in [9.17, 15) is 4.79 Å². The number of carbonyl (C=O) groups is 1. The topological polar surface area (TPSA) is 54.4 Å². The Kier molecular flexibility index (Phi) is 6.56. The van der Waals surface area contributed by atoms with Crippen LogP contribution in [0.2, 0.25) is 0 Å². The molecule has 0 saturated carbocycles. The van der Waals surface area contributed by atoms with Crippen LogP contribution in [0.1, 0.15) is 16.7 Å². The molecule has 26 heavy (non-hydrogen) atoms. The predicted molar refractivity (Wildman–Crippen MR) is 107 cm³/mol. The molecule has 130 valence electrons. The molecule has 0 spiro atoms. The van der Waals surface area contributed by atoms with Crippen LogP contribution in [-0.2, 0) is 10.5 Å². The van der Waals surface area contributed by atoms with Crippen molar-refractivity contribution in [3.63, 3.8) is 0 Å². The summed E-state index contributed by atoms with van der Waals surface area (Å²) < 4.78 is 0. The third-order valence-electron chi connectivity index (χ3n) is 3.64. The van der Waals surface area contributed by atoms with Crippen LogP contribution in [0.3, 0.4) is 0 Å². The third-order valence-corrected chi connectivity index (χ3v) is 4.64. The van der Waals surface area contributed by atoms with Gasteiger partial charge in [-0.05, 0) is 17.7 Å². The van der Waals surface area contributed by atoms with Gasteiger partial charge >= 0.3 is 0 Å². The Balaban J connectivity index is 1.64. The second-order valence-corrected chi connectivity index (χ2v) is 6.56. The first-order chi connectivity index (χ1) is 12.8. The lowest BCUT2D eigenvalue weighted by atomic mass is 10.0. The number of hydrogen-bond donors (Lipinski definition) is 1. The van der Waals surface area contributed by atoms with Crippen molar-refractivity contribution in [1.82, 2.24) is 10.4 Å². The molecule has 3 rings (SSSR count). The average Bonchev–Trinajstić information content (AvgIpc) is 2.71. The van der Waals surface area contributed by atoms with Crippen LogP contribution in [0.5, 0.6) is 0 Å². The fraction of sp³-hybridized carbons (Fsp3) is 0.0952. The summed E-state index contributed by atoms with van der Waals surface area (Å²) in [4.78, 5) is 16.2. The van der Waals surface area contributed by atoms with Gasteiger partial charge in [0.25, 0.3) is 0 Å². The summed E-state index contributed by atoms with van der Waals surface area (Å²) in [6.45, 7) is 0. The van der Waals surface area contributed by atoms with Gasteiger partial charge in [-0.25, -0.2) is 5.43 Å². The number of rotatable bonds is 7. The van der Waals surface area contributed by atoms with Gasteiger partial charge in [0.05, 0.1) is 11.5 Å². The molecule has 4 nitrogen and oxygen atoms in total. The number of hydrogen-bond acceptors (Lipinski definition) is 4. The summed E-state index contributed by atoms with van der Waals surface area (Å²) in [5.74, 6) is 1.04. The molecule has 0 unspecified atom stereocenters. The smallest absolute Gasteiger partial charge is 0.250 e. The minimum atomic E-state index is -0.117. The first-order valence-corrected chi connectivity index (χ1v) is 9.42. The number of pyridine rings is 1. The van der Waals surface area contributed by atoms with Crippen molar-refractivity contribution in [3.05, 3.63) is 102 Å². The van der Waals surface area contributed by atoms with E-state index in [1.54, 1.807) is 24.2 Å². The molecule has 1 amide bonds. The quantitative estimate of drug-likeness (QED) is 0.513. The normalized spacial score (nSPS) is 11.2. The fourth-order valence-electron chi connectivity index (χ4n) is 2.39. The first kappa shape index (κ1) is 17.9. The van der Waals surface area contributed by atoms with Crippen LogP contribution in [-0.4, -0.2) is 22.4 Å². The van der Waals surface area contributed by atoms with Gasteiger partial charge in [0, 0.05) is 29.3 Å². The molecule has 1 N–H and O–H groups in total. The van der Waals surface area contributed by atoms with Crippen LogP contribution >= 0.6 is 11.8 Å². The summed E-state index contributed by atoms with van der Waals surface area (Å²) in [6.07, 6.45) is 3.43. The maximum atomic E-state index is 12.1. The Morgan fingerprint density at radius 1 is 0.885 bits per heavy atom. The van der Waals surface area contributed by atoms with Crippen molar-refractivity contribution in [1.29, 1.82) is 0 Å². The zero-order valence-electron chi connectivity index (χ0n) is 14.2. The molecule has 0 saturated heterocycles. The Hall–Kier alpha value is -2.92. The van der Waals surface area contributed by atoms with E-state index >= 15 is 0 Å². The Morgan fingerprint density at radius 3 is 2.19 bits per heavy atom. The lowest BCUT2D eigenvalue weighted by Gasteiger charge is -2.08. The average molecular weight is 361 g/mol. The lowest BCUT2D eigenvalue weighted by molar-refractivity contribution is -0.118. The molecule has 0 radical (unpaired) electrons. The Bertz CT molecular complexity index is 811. The number of thioether (sulfide) groups is 1. The van der Waals surface area contributed by atoms with E-state index in [4.69, 9.17) is 0 Å². The highest BCUT2D eigenvalue weighted by molar-refractivity contribution is 7.99. The van der Waals surface area contributed by atoms with E-state index < -0.39 is 0 Å². The lowest BCUT2D eigenvalue weighted by Crippen LogP contribution is -2.22. The van der Waals surface area contributed by atoms with E-state index in [0.717, 1.165) is 22.6 Å². The van der Waals surface area contributed by atoms with Gasteiger partial charge in [-0.15, -0.1) is 11.8 Å². The zero-order chi connectivity index (χ0) is 18.0. The van der Waals surface area contributed by atoms with Gasteiger partial charge in [0.15, 0.2) is 0 Å². The summed E-state index contributed by atoms with van der Waals surface area (Å²) in [7, 11) is 0. The monoisotopic (exact) mass is 361 g/mol. The summed E-state index contributed by atoms with van der Waals surface area (Å²) in [6, 6.07) is 23.6. The second kappa shape index (κ2) is 9.53. The summed E-state index contributed by atoms with van der Waals surface area (Å²) in [5, 5.41) is 4.37. The van der Waals surface area contributed by atoms with E-state index in [1.165, 1.54) is 5.56 Å². The number of benzene rings is 2. The van der Waals surface area contributed by atoms with Crippen molar-refractivity contribution in [2.45, 2.75) is 5.75 Å². The molecule has 0 aliphatic rings. The molecule has 3 aromatic rings. The Labute approximate surface area is 157 Å². The van der Waals surface area contributed by atoms with Gasteiger partial charge < -0.3 is 0 Å². The van der Waals surface area contributed by atoms with Gasteiger partial charge in [0.2, 0.25) is 5.91 Å². The molecule has 1 heterocycles. The number of amides is 1. The highest BCUT2D eigenvalue weighted by Gasteiger charge is 2.08. The first-order valence-electron chi connectivity index (χ1n) is 8.27. The van der Waals surface area contributed by atoms with Crippen LogP contribution in [0, 0.1) is 0 Å². The molecule has 1 aromatic heterocycles. The van der Waals surface area contributed by atoms with Crippen LogP contribution in [0.25, 0.3) is 0 Å². The summed E-state index contributed by atoms with van der Waals surface area (Å²) >= 11 is 1.57. The largest absolute Gasteiger partial charge is 0.272 e. The Morgan fingerprint density at radius 2 is 1.50 bits per heavy atom. The van der Waals surface area contributed by atoms with Crippen LogP contribution < -0.4 is 5.43 Å².